The summed E-state index contributed by atoms with van der Waals surface area (Å²) < 4.78 is 23.7. The minimum Gasteiger partial charge on any atom is -0.350 e. The van der Waals surface area contributed by atoms with E-state index in [2.05, 4.69) is 34.5 Å². The molecule has 0 saturated carbocycles. The molecule has 2 aliphatic rings. The number of nitrogens with zero attached hydrogens (tertiary/aromatic N) is 2. The Morgan fingerprint density at radius 1 is 0.871 bits per heavy atom. The minimum atomic E-state index is -3.00. The Morgan fingerprint density at radius 3 is 2.13 bits per heavy atom. The number of nitrogens with one attached hydrogen (secondary N) is 1. The van der Waals surface area contributed by atoms with Crippen molar-refractivity contribution < 1.29 is 13.2 Å². The summed E-state index contributed by atoms with van der Waals surface area (Å²) in [6.07, 6.45) is 2.57. The molecule has 31 heavy (non-hydrogen) atoms. The van der Waals surface area contributed by atoms with Gasteiger partial charge in [-0.25, -0.2) is 8.42 Å². The van der Waals surface area contributed by atoms with Gasteiger partial charge in [-0.15, -0.1) is 0 Å². The van der Waals surface area contributed by atoms with Gasteiger partial charge in [-0.05, 0) is 42.6 Å². The number of benzene rings is 2. The Labute approximate surface area is 185 Å². The molecule has 2 aromatic carbocycles. The van der Waals surface area contributed by atoms with Crippen molar-refractivity contribution in [2.45, 2.75) is 32.0 Å². The number of hydrogen-bond acceptors (Lipinski definition) is 5. The van der Waals surface area contributed by atoms with E-state index in [1.54, 1.807) is 0 Å². The van der Waals surface area contributed by atoms with E-state index < -0.39 is 15.9 Å². The zero-order valence-electron chi connectivity index (χ0n) is 17.9. The lowest BCUT2D eigenvalue weighted by Gasteiger charge is -2.33. The second kappa shape index (κ2) is 9.94. The first-order chi connectivity index (χ1) is 15.0. The normalized spacial score (nSPS) is 20.4. The molecule has 6 nitrogen and oxygen atoms in total. The van der Waals surface area contributed by atoms with Crippen molar-refractivity contribution in [1.82, 2.24) is 15.1 Å². The van der Waals surface area contributed by atoms with Gasteiger partial charge in [-0.3, -0.25) is 14.6 Å². The lowest BCUT2D eigenvalue weighted by Crippen LogP contribution is -2.47. The third-order valence-corrected chi connectivity index (χ3v) is 7.81. The molecule has 2 fully saturated rings. The highest BCUT2D eigenvalue weighted by atomic mass is 32.2. The molecule has 2 heterocycles. The third kappa shape index (κ3) is 5.93. The van der Waals surface area contributed by atoms with Gasteiger partial charge < -0.3 is 5.32 Å². The molecule has 0 radical (unpaired) electrons. The van der Waals surface area contributed by atoms with Gasteiger partial charge in [-0.2, -0.15) is 0 Å². The molecule has 7 heteroatoms. The fourth-order valence-corrected chi connectivity index (χ4v) is 5.62. The quantitative estimate of drug-likeness (QED) is 0.714. The predicted molar refractivity (Wildman–Crippen MR) is 122 cm³/mol. The van der Waals surface area contributed by atoms with Crippen molar-refractivity contribution in [3.05, 3.63) is 71.3 Å². The van der Waals surface area contributed by atoms with Gasteiger partial charge in [0.1, 0.15) is 6.04 Å². The lowest BCUT2D eigenvalue weighted by molar-refractivity contribution is -0.126. The molecule has 1 amide bonds. The standard InChI is InChI=1S/C24H31N3O3S/c28-24(25-18-20-8-10-21(11-9-20)19-26-12-4-5-13-26)23(22-6-2-1-3-7-22)27-14-16-31(29,30)17-15-27/h1-3,6-11,23H,4-5,12-19H2,(H,25,28). The Morgan fingerprint density at radius 2 is 1.48 bits per heavy atom. The van der Waals surface area contributed by atoms with Crippen LogP contribution in [-0.4, -0.2) is 61.8 Å². The summed E-state index contributed by atoms with van der Waals surface area (Å²) in [5, 5.41) is 3.07. The van der Waals surface area contributed by atoms with Gasteiger partial charge in [0.15, 0.2) is 9.84 Å². The first kappa shape index (κ1) is 22.0. The number of likely N-dealkylation sites (tertiary alicyclic amines) is 1. The summed E-state index contributed by atoms with van der Waals surface area (Å²) in [5.74, 6) is 0.108. The summed E-state index contributed by atoms with van der Waals surface area (Å²) in [4.78, 5) is 17.6. The number of sulfone groups is 1. The van der Waals surface area contributed by atoms with E-state index >= 15 is 0 Å². The van der Waals surface area contributed by atoms with Gasteiger partial charge in [0, 0.05) is 26.2 Å². The number of hydrogen-bond donors (Lipinski definition) is 1. The largest absolute Gasteiger partial charge is 0.350 e. The molecule has 4 rings (SSSR count). The Hall–Kier alpha value is -2.22. The first-order valence-electron chi connectivity index (χ1n) is 11.1. The van der Waals surface area contributed by atoms with Crippen molar-refractivity contribution in [3.8, 4) is 0 Å². The van der Waals surface area contributed by atoms with Crippen LogP contribution in [0.5, 0.6) is 0 Å². The SMILES string of the molecule is O=C(NCc1ccc(CN2CCCC2)cc1)C(c1ccccc1)N1CCS(=O)(=O)CC1. The van der Waals surface area contributed by atoms with E-state index in [9.17, 15) is 13.2 Å². The average molecular weight is 442 g/mol. The number of carbonyl (C=O) groups excluding carboxylic acids is 1. The molecule has 1 atom stereocenters. The topological polar surface area (TPSA) is 69.7 Å². The summed E-state index contributed by atoms with van der Waals surface area (Å²) >= 11 is 0. The molecule has 0 bridgehead atoms. The Balaban J connectivity index is 1.39. The second-order valence-electron chi connectivity index (χ2n) is 8.52. The summed E-state index contributed by atoms with van der Waals surface area (Å²) in [6.45, 7) is 4.55. The van der Waals surface area contributed by atoms with Crippen LogP contribution in [0.1, 0.15) is 35.6 Å². The van der Waals surface area contributed by atoms with Crippen molar-refractivity contribution in [1.29, 1.82) is 0 Å². The summed E-state index contributed by atoms with van der Waals surface area (Å²) in [5.41, 5.74) is 3.25. The highest BCUT2D eigenvalue weighted by Crippen LogP contribution is 2.23. The van der Waals surface area contributed by atoms with E-state index in [-0.39, 0.29) is 17.4 Å². The van der Waals surface area contributed by atoms with Crippen LogP contribution in [0.2, 0.25) is 0 Å². The monoisotopic (exact) mass is 441 g/mol. The molecule has 2 aliphatic heterocycles. The van der Waals surface area contributed by atoms with E-state index in [1.165, 1.54) is 31.5 Å². The predicted octanol–water partition coefficient (Wildman–Crippen LogP) is 2.37. The molecule has 0 spiro atoms. The molecule has 1 unspecified atom stereocenters. The van der Waals surface area contributed by atoms with Crippen molar-refractivity contribution in [2.75, 3.05) is 37.7 Å². The van der Waals surface area contributed by atoms with Crippen LogP contribution in [0, 0.1) is 0 Å². The number of carbonyl (C=O) groups is 1. The van der Waals surface area contributed by atoms with Crippen LogP contribution in [-0.2, 0) is 27.7 Å². The first-order valence-corrected chi connectivity index (χ1v) is 12.9. The summed E-state index contributed by atoms with van der Waals surface area (Å²) in [7, 11) is -3.00. The number of rotatable bonds is 7. The maximum atomic E-state index is 13.2. The second-order valence-corrected chi connectivity index (χ2v) is 10.8. The Bertz CT molecular complexity index is 957. The maximum absolute atomic E-state index is 13.2. The molecule has 2 saturated heterocycles. The third-order valence-electron chi connectivity index (χ3n) is 6.20. The van der Waals surface area contributed by atoms with E-state index in [0.717, 1.165) is 17.7 Å². The maximum Gasteiger partial charge on any atom is 0.242 e. The van der Waals surface area contributed by atoms with Crippen LogP contribution in [0.3, 0.4) is 0 Å². The highest BCUT2D eigenvalue weighted by molar-refractivity contribution is 7.91. The molecular weight excluding hydrogens is 410 g/mol. The Kier molecular flexibility index (Phi) is 7.05. The van der Waals surface area contributed by atoms with Crippen LogP contribution in [0.25, 0.3) is 0 Å². The smallest absolute Gasteiger partial charge is 0.242 e. The van der Waals surface area contributed by atoms with E-state index in [0.29, 0.717) is 19.6 Å². The summed E-state index contributed by atoms with van der Waals surface area (Å²) in [6, 6.07) is 17.6. The highest BCUT2D eigenvalue weighted by Gasteiger charge is 2.32. The fraction of sp³-hybridized carbons (Fsp3) is 0.458. The fourth-order valence-electron chi connectivity index (χ4n) is 4.40. The molecule has 1 N–H and O–H groups in total. The van der Waals surface area contributed by atoms with E-state index in [4.69, 9.17) is 0 Å². The molecule has 2 aromatic rings. The minimum absolute atomic E-state index is 0.0911. The molecular formula is C24H31N3O3S. The van der Waals surface area contributed by atoms with Crippen LogP contribution in [0.15, 0.2) is 54.6 Å². The molecule has 166 valence electrons. The average Bonchev–Trinajstić information content (AvgIpc) is 3.28. The van der Waals surface area contributed by atoms with Crippen LogP contribution >= 0.6 is 0 Å². The zero-order valence-corrected chi connectivity index (χ0v) is 18.7. The van der Waals surface area contributed by atoms with Crippen LogP contribution in [0.4, 0.5) is 0 Å². The van der Waals surface area contributed by atoms with Gasteiger partial charge >= 0.3 is 0 Å². The van der Waals surface area contributed by atoms with Gasteiger partial charge in [0.2, 0.25) is 5.91 Å². The zero-order chi connectivity index (χ0) is 21.7. The van der Waals surface area contributed by atoms with Crippen LogP contribution < -0.4 is 5.32 Å². The van der Waals surface area contributed by atoms with Crippen molar-refractivity contribution >= 4 is 15.7 Å². The lowest BCUT2D eigenvalue weighted by atomic mass is 10.0. The molecule has 0 aliphatic carbocycles. The van der Waals surface area contributed by atoms with E-state index in [1.807, 2.05) is 35.2 Å². The number of amides is 1. The van der Waals surface area contributed by atoms with Gasteiger partial charge in [0.05, 0.1) is 11.5 Å². The van der Waals surface area contributed by atoms with Gasteiger partial charge in [0.25, 0.3) is 0 Å². The molecule has 0 aromatic heterocycles. The van der Waals surface area contributed by atoms with Crippen molar-refractivity contribution in [2.24, 2.45) is 0 Å². The van der Waals surface area contributed by atoms with Crippen molar-refractivity contribution in [3.63, 3.8) is 0 Å². The van der Waals surface area contributed by atoms with Gasteiger partial charge in [-0.1, -0.05) is 54.6 Å².